The van der Waals surface area contributed by atoms with Crippen molar-refractivity contribution < 1.29 is 14.7 Å². The maximum atomic E-state index is 10.5. The summed E-state index contributed by atoms with van der Waals surface area (Å²) in [7, 11) is 0. The van der Waals surface area contributed by atoms with Gasteiger partial charge in [0.05, 0.1) is 5.56 Å². The second kappa shape index (κ2) is 6.35. The zero-order valence-electron chi connectivity index (χ0n) is 8.44. The lowest BCUT2D eigenvalue weighted by molar-refractivity contribution is -0.120. The van der Waals surface area contributed by atoms with Gasteiger partial charge in [-0.1, -0.05) is 6.42 Å². The Morgan fingerprint density at radius 1 is 1.27 bits per heavy atom. The van der Waals surface area contributed by atoms with E-state index in [1.165, 1.54) is 17.8 Å². The summed E-state index contributed by atoms with van der Waals surface area (Å²) in [6.07, 6.45) is 5.24. The topological polar surface area (TPSA) is 54.4 Å². The van der Waals surface area contributed by atoms with Crippen LogP contribution in [-0.2, 0) is 4.79 Å². The van der Waals surface area contributed by atoms with E-state index < -0.39 is 5.97 Å². The number of Topliss-reactive ketones (excluding diaryl/α,β-unsaturated/α-hetero) is 1. The molecule has 0 aliphatic heterocycles. The van der Waals surface area contributed by atoms with Crippen molar-refractivity contribution in [3.8, 4) is 0 Å². The lowest BCUT2D eigenvalue weighted by atomic mass is 10.00. The molecule has 1 fully saturated rings. The highest BCUT2D eigenvalue weighted by Gasteiger charge is 2.05. The van der Waals surface area contributed by atoms with Gasteiger partial charge in [-0.2, -0.15) is 11.3 Å². The van der Waals surface area contributed by atoms with Gasteiger partial charge in [0, 0.05) is 18.2 Å². The fraction of sp³-hybridized carbons (Fsp3) is 0.455. The molecule has 0 atom stereocenters. The van der Waals surface area contributed by atoms with Crippen LogP contribution in [0.1, 0.15) is 42.5 Å². The number of hydrogen-bond donors (Lipinski definition) is 1. The molecule has 4 heteroatoms. The van der Waals surface area contributed by atoms with E-state index in [-0.39, 0.29) is 0 Å². The van der Waals surface area contributed by atoms with Crippen molar-refractivity contribution in [1.29, 1.82) is 0 Å². The number of hydrogen-bond acceptors (Lipinski definition) is 3. The standard InChI is InChI=1S/C6H10O.C5H4O2S/c7-6-4-2-1-3-5-6;6-5(7)4-1-2-8-3-4/h1-5H2;1-3H,(H,6,7). The molecule has 0 unspecified atom stereocenters. The second-order valence-electron chi connectivity index (χ2n) is 3.42. The first-order valence-corrected chi connectivity index (χ1v) is 5.91. The molecule has 1 aromatic heterocycles. The van der Waals surface area contributed by atoms with Crippen LogP contribution < -0.4 is 0 Å². The lowest BCUT2D eigenvalue weighted by Crippen LogP contribution is -2.02. The normalized spacial score (nSPS) is 15.3. The predicted octanol–water partition coefficient (Wildman–Crippen LogP) is 2.97. The minimum absolute atomic E-state index is 0.370. The number of thiophene rings is 1. The molecule has 0 radical (unpaired) electrons. The van der Waals surface area contributed by atoms with Crippen LogP contribution >= 0.6 is 11.3 Å². The Hall–Kier alpha value is -1.16. The van der Waals surface area contributed by atoms with Gasteiger partial charge in [-0.25, -0.2) is 4.79 Å². The molecule has 1 N–H and O–H groups in total. The first-order valence-electron chi connectivity index (χ1n) is 4.97. The van der Waals surface area contributed by atoms with Gasteiger partial charge in [0.25, 0.3) is 0 Å². The Kier molecular flexibility index (Phi) is 5.04. The Bertz CT molecular complexity index is 309. The number of rotatable bonds is 1. The summed E-state index contributed by atoms with van der Waals surface area (Å²) in [6, 6.07) is 1.58. The van der Waals surface area contributed by atoms with E-state index in [1.54, 1.807) is 16.8 Å². The minimum atomic E-state index is -0.855. The monoisotopic (exact) mass is 226 g/mol. The van der Waals surface area contributed by atoms with Gasteiger partial charge in [-0.15, -0.1) is 0 Å². The van der Waals surface area contributed by atoms with Gasteiger partial charge in [-0.3, -0.25) is 4.79 Å². The van der Waals surface area contributed by atoms with E-state index in [9.17, 15) is 9.59 Å². The summed E-state index contributed by atoms with van der Waals surface area (Å²) in [5.41, 5.74) is 0.370. The molecule has 0 saturated heterocycles. The van der Waals surface area contributed by atoms with Gasteiger partial charge >= 0.3 is 5.97 Å². The van der Waals surface area contributed by atoms with E-state index in [0.717, 1.165) is 25.7 Å². The fourth-order valence-corrected chi connectivity index (χ4v) is 1.96. The molecule has 0 spiro atoms. The number of carboxylic acid groups (broad SMARTS) is 1. The van der Waals surface area contributed by atoms with Crippen LogP contribution in [0.3, 0.4) is 0 Å². The van der Waals surface area contributed by atoms with Gasteiger partial charge in [0.15, 0.2) is 0 Å². The van der Waals surface area contributed by atoms with Gasteiger partial charge in [0.2, 0.25) is 0 Å². The summed E-state index contributed by atoms with van der Waals surface area (Å²) >= 11 is 1.39. The van der Waals surface area contributed by atoms with Crippen LogP contribution in [0.4, 0.5) is 0 Å². The van der Waals surface area contributed by atoms with Gasteiger partial charge in [-0.05, 0) is 24.3 Å². The van der Waals surface area contributed by atoms with Crippen LogP contribution in [0.25, 0.3) is 0 Å². The van der Waals surface area contributed by atoms with Crippen molar-refractivity contribution in [2.75, 3.05) is 0 Å². The first-order chi connectivity index (χ1) is 7.20. The smallest absolute Gasteiger partial charge is 0.336 e. The van der Waals surface area contributed by atoms with E-state index in [4.69, 9.17) is 5.11 Å². The molecule has 0 aromatic carbocycles. The Morgan fingerprint density at radius 3 is 2.20 bits per heavy atom. The summed E-state index contributed by atoms with van der Waals surface area (Å²) in [4.78, 5) is 20.5. The van der Waals surface area contributed by atoms with Crippen molar-refractivity contribution in [3.63, 3.8) is 0 Å². The van der Waals surface area contributed by atoms with Gasteiger partial charge < -0.3 is 5.11 Å². The minimum Gasteiger partial charge on any atom is -0.478 e. The lowest BCUT2D eigenvalue weighted by Gasteiger charge is -2.05. The second-order valence-corrected chi connectivity index (χ2v) is 4.20. The SMILES string of the molecule is O=C(O)c1ccsc1.O=C1CCCCC1. The molecule has 3 nitrogen and oxygen atoms in total. The predicted molar refractivity (Wildman–Crippen MR) is 59.4 cm³/mol. The molecule has 15 heavy (non-hydrogen) atoms. The number of ketones is 1. The Balaban J connectivity index is 0.000000151. The molecule has 0 bridgehead atoms. The van der Waals surface area contributed by atoms with Crippen LogP contribution in [0, 0.1) is 0 Å². The largest absolute Gasteiger partial charge is 0.478 e. The maximum Gasteiger partial charge on any atom is 0.336 e. The average Bonchev–Trinajstić information content (AvgIpc) is 2.72. The molecule has 1 aromatic rings. The van der Waals surface area contributed by atoms with Crippen LogP contribution in [0.5, 0.6) is 0 Å². The third-order valence-corrected chi connectivity index (χ3v) is 2.86. The van der Waals surface area contributed by atoms with Crippen molar-refractivity contribution in [2.24, 2.45) is 0 Å². The highest BCUT2D eigenvalue weighted by atomic mass is 32.1. The molecule has 1 aliphatic carbocycles. The fourth-order valence-electron chi connectivity index (χ4n) is 1.33. The zero-order valence-corrected chi connectivity index (χ0v) is 9.26. The molecule has 1 heterocycles. The summed E-state index contributed by atoms with van der Waals surface area (Å²) < 4.78 is 0. The molecular weight excluding hydrogens is 212 g/mol. The van der Waals surface area contributed by atoms with Crippen molar-refractivity contribution in [2.45, 2.75) is 32.1 Å². The molecule has 2 rings (SSSR count). The number of carbonyl (C=O) groups excluding carboxylic acids is 1. The maximum absolute atomic E-state index is 10.5. The molecule has 1 saturated carbocycles. The molecule has 1 aliphatic rings. The zero-order chi connectivity index (χ0) is 11.1. The van der Waals surface area contributed by atoms with Crippen LogP contribution in [-0.4, -0.2) is 16.9 Å². The van der Waals surface area contributed by atoms with Crippen LogP contribution in [0.15, 0.2) is 16.8 Å². The number of carboxylic acids is 1. The molecule has 82 valence electrons. The number of aromatic carboxylic acids is 1. The first kappa shape index (κ1) is 11.9. The van der Waals surface area contributed by atoms with E-state index in [2.05, 4.69) is 0 Å². The van der Waals surface area contributed by atoms with Crippen molar-refractivity contribution in [3.05, 3.63) is 22.4 Å². The Labute approximate surface area is 92.7 Å². The summed E-state index contributed by atoms with van der Waals surface area (Å²) in [6.45, 7) is 0. The average molecular weight is 226 g/mol. The highest BCUT2D eigenvalue weighted by molar-refractivity contribution is 7.08. The van der Waals surface area contributed by atoms with E-state index in [0.29, 0.717) is 11.3 Å². The van der Waals surface area contributed by atoms with E-state index >= 15 is 0 Å². The number of carbonyl (C=O) groups is 2. The highest BCUT2D eigenvalue weighted by Crippen LogP contribution is 2.12. The third kappa shape index (κ3) is 4.74. The quantitative estimate of drug-likeness (QED) is 0.801. The van der Waals surface area contributed by atoms with Crippen LogP contribution in [0.2, 0.25) is 0 Å². The Morgan fingerprint density at radius 2 is 1.93 bits per heavy atom. The van der Waals surface area contributed by atoms with Gasteiger partial charge in [0.1, 0.15) is 5.78 Å². The van der Waals surface area contributed by atoms with Crippen molar-refractivity contribution in [1.82, 2.24) is 0 Å². The van der Waals surface area contributed by atoms with E-state index in [1.807, 2.05) is 0 Å². The summed E-state index contributed by atoms with van der Waals surface area (Å²) in [5.74, 6) is -0.391. The molecular formula is C11H14O3S. The molecule has 0 amide bonds. The van der Waals surface area contributed by atoms with Crippen molar-refractivity contribution >= 4 is 23.1 Å². The third-order valence-electron chi connectivity index (χ3n) is 2.18. The summed E-state index contributed by atoms with van der Waals surface area (Å²) in [5, 5.41) is 11.6.